The van der Waals surface area contributed by atoms with Gasteiger partial charge >= 0.3 is 0 Å². The zero-order valence-corrected chi connectivity index (χ0v) is 17.4. The molecule has 7 heteroatoms. The van der Waals surface area contributed by atoms with E-state index in [2.05, 4.69) is 0 Å². The Morgan fingerprint density at radius 3 is 2.03 bits per heavy atom. The lowest BCUT2D eigenvalue weighted by atomic mass is 10.2. The number of hydrogen-bond donors (Lipinski definition) is 0. The fourth-order valence-electron chi connectivity index (χ4n) is 2.84. The summed E-state index contributed by atoms with van der Waals surface area (Å²) in [6.45, 7) is 0. The molecule has 30 heavy (non-hydrogen) atoms. The molecule has 0 aliphatic heterocycles. The van der Waals surface area contributed by atoms with E-state index in [-0.39, 0.29) is 10.6 Å². The average Bonchev–Trinajstić information content (AvgIpc) is 2.78. The van der Waals surface area contributed by atoms with E-state index in [1.165, 1.54) is 38.5 Å². The van der Waals surface area contributed by atoms with Gasteiger partial charge in [-0.1, -0.05) is 42.5 Å². The molecule has 0 N–H and O–H groups in total. The smallest absolute Gasteiger partial charge is 0.271 e. The minimum atomic E-state index is -4.09. The Labute approximate surface area is 176 Å². The number of methoxy groups -OCH3 is 2. The van der Waals surface area contributed by atoms with Gasteiger partial charge in [-0.3, -0.25) is 4.79 Å². The first kappa shape index (κ1) is 21.1. The van der Waals surface area contributed by atoms with E-state index in [4.69, 9.17) is 9.47 Å². The number of benzene rings is 3. The van der Waals surface area contributed by atoms with Gasteiger partial charge in [0, 0.05) is 6.08 Å². The molecule has 0 heterocycles. The molecule has 1 amide bonds. The number of sulfonamides is 1. The van der Waals surface area contributed by atoms with Crippen molar-refractivity contribution >= 4 is 27.7 Å². The molecule has 3 aromatic rings. The van der Waals surface area contributed by atoms with Gasteiger partial charge < -0.3 is 9.47 Å². The van der Waals surface area contributed by atoms with Crippen molar-refractivity contribution in [3.8, 4) is 11.5 Å². The van der Waals surface area contributed by atoms with E-state index in [0.717, 1.165) is 4.31 Å². The maximum absolute atomic E-state index is 13.2. The third-order valence-electron chi connectivity index (χ3n) is 4.30. The Balaban J connectivity index is 1.99. The van der Waals surface area contributed by atoms with Crippen molar-refractivity contribution in [2.75, 3.05) is 18.5 Å². The van der Waals surface area contributed by atoms with Crippen molar-refractivity contribution in [3.05, 3.63) is 90.5 Å². The van der Waals surface area contributed by atoms with Gasteiger partial charge in [0.25, 0.3) is 15.9 Å². The highest BCUT2D eigenvalue weighted by molar-refractivity contribution is 7.93. The van der Waals surface area contributed by atoms with E-state index < -0.39 is 15.9 Å². The van der Waals surface area contributed by atoms with Gasteiger partial charge in [0.2, 0.25) is 0 Å². The first-order valence-electron chi connectivity index (χ1n) is 9.07. The standard InChI is InChI=1S/C23H21NO5S/c1-28-21-15-13-18(17-22(21)29-2)14-16-23(25)24(19-9-5-3-6-10-19)30(26,27)20-11-7-4-8-12-20/h3-17H,1-2H3/b16-14+. The van der Waals surface area contributed by atoms with E-state index >= 15 is 0 Å². The van der Waals surface area contributed by atoms with Gasteiger partial charge in [-0.2, -0.15) is 4.31 Å². The maximum Gasteiger partial charge on any atom is 0.271 e. The van der Waals surface area contributed by atoms with E-state index in [1.54, 1.807) is 66.7 Å². The van der Waals surface area contributed by atoms with Crippen molar-refractivity contribution in [1.82, 2.24) is 0 Å². The number of rotatable bonds is 7. The molecule has 0 saturated carbocycles. The van der Waals surface area contributed by atoms with E-state index in [9.17, 15) is 13.2 Å². The van der Waals surface area contributed by atoms with Crippen LogP contribution < -0.4 is 13.8 Å². The van der Waals surface area contributed by atoms with Crippen molar-refractivity contribution in [3.63, 3.8) is 0 Å². The number of para-hydroxylation sites is 1. The number of amides is 1. The second-order valence-electron chi connectivity index (χ2n) is 6.20. The Kier molecular flexibility index (Phi) is 6.54. The van der Waals surface area contributed by atoms with Gasteiger partial charge in [-0.15, -0.1) is 0 Å². The first-order valence-corrected chi connectivity index (χ1v) is 10.5. The molecular formula is C23H21NO5S. The highest BCUT2D eigenvalue weighted by Gasteiger charge is 2.29. The predicted octanol–water partition coefficient (Wildman–Crippen LogP) is 4.14. The van der Waals surface area contributed by atoms with Crippen LogP contribution in [-0.2, 0) is 14.8 Å². The minimum absolute atomic E-state index is 0.0294. The molecule has 0 aliphatic carbocycles. The molecule has 0 aliphatic rings. The summed E-state index contributed by atoms with van der Waals surface area (Å²) in [5, 5.41) is 0. The molecule has 0 atom stereocenters. The summed E-state index contributed by atoms with van der Waals surface area (Å²) in [5.74, 6) is 0.363. The Hall–Kier alpha value is -3.58. The van der Waals surface area contributed by atoms with Crippen molar-refractivity contribution in [2.24, 2.45) is 0 Å². The highest BCUT2D eigenvalue weighted by Crippen LogP contribution is 2.28. The summed E-state index contributed by atoms with van der Waals surface area (Å²) < 4.78 is 37.7. The lowest BCUT2D eigenvalue weighted by molar-refractivity contribution is -0.113. The van der Waals surface area contributed by atoms with Crippen LogP contribution in [0.2, 0.25) is 0 Å². The van der Waals surface area contributed by atoms with Crippen LogP contribution in [0.15, 0.2) is 89.8 Å². The van der Waals surface area contributed by atoms with Gasteiger partial charge in [0.15, 0.2) is 11.5 Å². The topological polar surface area (TPSA) is 72.9 Å². The first-order chi connectivity index (χ1) is 14.5. The Bertz CT molecular complexity index is 1140. The number of carbonyl (C=O) groups excluding carboxylic acids is 1. The summed E-state index contributed by atoms with van der Waals surface area (Å²) in [6.07, 6.45) is 2.75. The fourth-order valence-corrected chi connectivity index (χ4v) is 4.25. The monoisotopic (exact) mass is 423 g/mol. The highest BCUT2D eigenvalue weighted by atomic mass is 32.2. The minimum Gasteiger partial charge on any atom is -0.493 e. The van der Waals surface area contributed by atoms with Crippen molar-refractivity contribution < 1.29 is 22.7 Å². The molecule has 0 aromatic heterocycles. The molecular weight excluding hydrogens is 402 g/mol. The third kappa shape index (κ3) is 4.52. The van der Waals surface area contributed by atoms with Crippen molar-refractivity contribution in [2.45, 2.75) is 4.90 Å². The van der Waals surface area contributed by atoms with Crippen LogP contribution in [0.5, 0.6) is 11.5 Å². The summed E-state index contributed by atoms with van der Waals surface area (Å²) in [5.41, 5.74) is 0.912. The van der Waals surface area contributed by atoms with Crippen LogP contribution in [0.25, 0.3) is 6.08 Å². The Morgan fingerprint density at radius 1 is 0.833 bits per heavy atom. The zero-order valence-electron chi connectivity index (χ0n) is 16.6. The molecule has 154 valence electrons. The number of ether oxygens (including phenoxy) is 2. The molecule has 0 bridgehead atoms. The second-order valence-corrected chi connectivity index (χ2v) is 7.99. The van der Waals surface area contributed by atoms with Crippen LogP contribution in [0.4, 0.5) is 5.69 Å². The summed E-state index contributed by atoms with van der Waals surface area (Å²) in [6, 6.07) is 21.2. The summed E-state index contributed by atoms with van der Waals surface area (Å²) in [4.78, 5) is 13.0. The van der Waals surface area contributed by atoms with Crippen LogP contribution in [0.1, 0.15) is 5.56 Å². The van der Waals surface area contributed by atoms with E-state index in [0.29, 0.717) is 17.1 Å². The maximum atomic E-state index is 13.2. The van der Waals surface area contributed by atoms with Crippen LogP contribution in [0, 0.1) is 0 Å². The zero-order chi connectivity index (χ0) is 21.6. The largest absolute Gasteiger partial charge is 0.493 e. The molecule has 6 nitrogen and oxygen atoms in total. The number of nitrogens with zero attached hydrogens (tertiary/aromatic N) is 1. The van der Waals surface area contributed by atoms with Crippen LogP contribution in [-0.4, -0.2) is 28.5 Å². The van der Waals surface area contributed by atoms with Crippen LogP contribution >= 0.6 is 0 Å². The molecule has 0 fully saturated rings. The van der Waals surface area contributed by atoms with Gasteiger partial charge in [0.05, 0.1) is 24.8 Å². The molecule has 3 rings (SSSR count). The molecule has 0 radical (unpaired) electrons. The molecule has 0 spiro atoms. The molecule has 0 unspecified atom stereocenters. The fraction of sp³-hybridized carbons (Fsp3) is 0.0870. The lowest BCUT2D eigenvalue weighted by Crippen LogP contribution is -2.35. The summed E-state index contributed by atoms with van der Waals surface area (Å²) >= 11 is 0. The van der Waals surface area contributed by atoms with Crippen LogP contribution in [0.3, 0.4) is 0 Å². The van der Waals surface area contributed by atoms with Crippen molar-refractivity contribution in [1.29, 1.82) is 0 Å². The Morgan fingerprint density at radius 2 is 1.43 bits per heavy atom. The lowest BCUT2D eigenvalue weighted by Gasteiger charge is -2.21. The number of hydrogen-bond acceptors (Lipinski definition) is 5. The van der Waals surface area contributed by atoms with Gasteiger partial charge in [-0.25, -0.2) is 8.42 Å². The van der Waals surface area contributed by atoms with Gasteiger partial charge in [-0.05, 0) is 48.0 Å². The van der Waals surface area contributed by atoms with Gasteiger partial charge in [0.1, 0.15) is 0 Å². The SMILES string of the molecule is COc1ccc(/C=C/C(=O)N(c2ccccc2)S(=O)(=O)c2ccccc2)cc1OC. The predicted molar refractivity (Wildman–Crippen MR) is 116 cm³/mol. The molecule has 3 aromatic carbocycles. The van der Waals surface area contributed by atoms with E-state index in [1.807, 2.05) is 0 Å². The quantitative estimate of drug-likeness (QED) is 0.534. The normalized spacial score (nSPS) is 11.3. The molecule has 0 saturated heterocycles. The third-order valence-corrected chi connectivity index (χ3v) is 6.04. The number of anilines is 1. The average molecular weight is 423 g/mol. The second kappa shape index (κ2) is 9.28. The summed E-state index contributed by atoms with van der Waals surface area (Å²) in [7, 11) is -1.05. The number of carbonyl (C=O) groups is 1.